The summed E-state index contributed by atoms with van der Waals surface area (Å²) in [5, 5.41) is 3.02. The summed E-state index contributed by atoms with van der Waals surface area (Å²) < 4.78 is 5.17. The van der Waals surface area contributed by atoms with Gasteiger partial charge in [0.1, 0.15) is 0 Å². The zero-order valence-electron chi connectivity index (χ0n) is 7.51. The molecule has 1 rings (SSSR count). The number of carbonyl (C=O) groups is 1. The summed E-state index contributed by atoms with van der Waals surface area (Å²) >= 11 is 0. The van der Waals surface area contributed by atoms with E-state index in [0.717, 1.165) is 26.2 Å². The quantitative estimate of drug-likeness (QED) is 0.579. The first-order valence-corrected chi connectivity index (χ1v) is 4.41. The molecule has 0 aromatic carbocycles. The van der Waals surface area contributed by atoms with Crippen molar-refractivity contribution < 1.29 is 9.53 Å². The largest absolute Gasteiger partial charge is 0.380 e. The normalized spacial score (nSPS) is 18.4. The molecule has 12 heavy (non-hydrogen) atoms. The molecule has 1 saturated heterocycles. The smallest absolute Gasteiger partial charge is 0.236 e. The third kappa shape index (κ3) is 2.79. The highest BCUT2D eigenvalue weighted by Crippen LogP contribution is 1.93. The molecule has 0 aliphatic carbocycles. The maximum atomic E-state index is 11.2. The number of nitrogens with one attached hydrogen (secondary N) is 1. The third-order valence-electron chi connectivity index (χ3n) is 1.90. The molecule has 1 N–H and O–H groups in total. The van der Waals surface area contributed by atoms with Gasteiger partial charge in [-0.3, -0.25) is 4.79 Å². The first kappa shape index (κ1) is 9.48. The van der Waals surface area contributed by atoms with Crippen molar-refractivity contribution >= 4 is 5.91 Å². The lowest BCUT2D eigenvalue weighted by Gasteiger charge is -2.27. The average molecular weight is 172 g/mol. The van der Waals surface area contributed by atoms with Crippen LogP contribution in [0.4, 0.5) is 0 Å². The minimum atomic E-state index is 0.181. The second-order valence-corrected chi connectivity index (χ2v) is 2.75. The summed E-state index contributed by atoms with van der Waals surface area (Å²) in [6, 6.07) is 0. The van der Waals surface area contributed by atoms with Crippen molar-refractivity contribution in [2.45, 2.75) is 6.92 Å². The van der Waals surface area contributed by atoms with Gasteiger partial charge in [0.15, 0.2) is 0 Å². The Bertz CT molecular complexity index is 150. The summed E-state index contributed by atoms with van der Waals surface area (Å²) in [5.74, 6) is 0.181. The Kier molecular flexibility index (Phi) is 4.04. The van der Waals surface area contributed by atoms with Gasteiger partial charge in [0.05, 0.1) is 13.2 Å². The summed E-state index contributed by atoms with van der Waals surface area (Å²) in [4.78, 5) is 13.0. The summed E-state index contributed by atoms with van der Waals surface area (Å²) in [7, 11) is 0. The standard InChI is InChI=1S/C8H16N2O2/c1-2-12-6-5-10-4-3-9-7-8(10)11/h9H,2-7H2,1H3. The molecular weight excluding hydrogens is 156 g/mol. The van der Waals surface area contributed by atoms with E-state index in [1.54, 1.807) is 0 Å². The molecule has 0 aromatic heterocycles. The molecule has 0 aromatic rings. The van der Waals surface area contributed by atoms with Gasteiger partial charge in [0.25, 0.3) is 0 Å². The molecule has 0 spiro atoms. The van der Waals surface area contributed by atoms with Gasteiger partial charge in [-0.2, -0.15) is 0 Å². The van der Waals surface area contributed by atoms with Crippen molar-refractivity contribution in [1.29, 1.82) is 0 Å². The Balaban J connectivity index is 2.16. The van der Waals surface area contributed by atoms with Crippen molar-refractivity contribution in [3.05, 3.63) is 0 Å². The Morgan fingerprint density at radius 3 is 3.17 bits per heavy atom. The van der Waals surface area contributed by atoms with Gasteiger partial charge in [0, 0.05) is 26.2 Å². The highest BCUT2D eigenvalue weighted by Gasteiger charge is 2.16. The van der Waals surface area contributed by atoms with Crippen molar-refractivity contribution in [3.8, 4) is 0 Å². The van der Waals surface area contributed by atoms with Crippen molar-refractivity contribution in [3.63, 3.8) is 0 Å². The van der Waals surface area contributed by atoms with Crippen LogP contribution in [-0.4, -0.2) is 50.2 Å². The van der Waals surface area contributed by atoms with Crippen molar-refractivity contribution in [1.82, 2.24) is 10.2 Å². The van der Waals surface area contributed by atoms with Crippen LogP contribution in [0.5, 0.6) is 0 Å². The van der Waals surface area contributed by atoms with E-state index < -0.39 is 0 Å². The molecule has 4 heteroatoms. The minimum absolute atomic E-state index is 0.181. The lowest BCUT2D eigenvalue weighted by Crippen LogP contribution is -2.49. The van der Waals surface area contributed by atoms with Crippen LogP contribution in [0, 0.1) is 0 Å². The van der Waals surface area contributed by atoms with Crippen LogP contribution in [0.1, 0.15) is 6.92 Å². The number of rotatable bonds is 4. The monoisotopic (exact) mass is 172 g/mol. The van der Waals surface area contributed by atoms with Crippen LogP contribution >= 0.6 is 0 Å². The molecule has 4 nitrogen and oxygen atoms in total. The second kappa shape index (κ2) is 5.11. The molecule has 1 aliphatic heterocycles. The van der Waals surface area contributed by atoms with Crippen LogP contribution < -0.4 is 5.32 Å². The third-order valence-corrected chi connectivity index (χ3v) is 1.90. The fourth-order valence-corrected chi connectivity index (χ4v) is 1.20. The lowest BCUT2D eigenvalue weighted by molar-refractivity contribution is -0.132. The van der Waals surface area contributed by atoms with Gasteiger partial charge in [0.2, 0.25) is 5.91 Å². The summed E-state index contributed by atoms with van der Waals surface area (Å²) in [5.41, 5.74) is 0. The number of amides is 1. The van der Waals surface area contributed by atoms with Gasteiger partial charge < -0.3 is 15.0 Å². The van der Waals surface area contributed by atoms with Gasteiger partial charge >= 0.3 is 0 Å². The first-order chi connectivity index (χ1) is 5.84. The van der Waals surface area contributed by atoms with E-state index in [1.807, 2.05) is 11.8 Å². The molecule has 1 fully saturated rings. The molecule has 0 bridgehead atoms. The maximum absolute atomic E-state index is 11.2. The minimum Gasteiger partial charge on any atom is -0.380 e. The van der Waals surface area contributed by atoms with E-state index >= 15 is 0 Å². The van der Waals surface area contributed by atoms with Crippen molar-refractivity contribution in [2.24, 2.45) is 0 Å². The molecule has 0 radical (unpaired) electrons. The van der Waals surface area contributed by atoms with Crippen molar-refractivity contribution in [2.75, 3.05) is 39.4 Å². The number of piperazine rings is 1. The number of hydrogen-bond acceptors (Lipinski definition) is 3. The molecule has 0 saturated carbocycles. The molecule has 0 atom stereocenters. The Morgan fingerprint density at radius 2 is 2.50 bits per heavy atom. The number of nitrogens with zero attached hydrogens (tertiary/aromatic N) is 1. The van der Waals surface area contributed by atoms with Crippen LogP contribution in [-0.2, 0) is 9.53 Å². The Hall–Kier alpha value is -0.610. The van der Waals surface area contributed by atoms with E-state index in [0.29, 0.717) is 13.2 Å². The highest BCUT2D eigenvalue weighted by molar-refractivity contribution is 5.78. The van der Waals surface area contributed by atoms with E-state index in [9.17, 15) is 4.79 Å². The van der Waals surface area contributed by atoms with Gasteiger partial charge in [-0.25, -0.2) is 0 Å². The van der Waals surface area contributed by atoms with Gasteiger partial charge in [-0.1, -0.05) is 0 Å². The lowest BCUT2D eigenvalue weighted by atomic mass is 10.3. The van der Waals surface area contributed by atoms with Gasteiger partial charge in [-0.05, 0) is 6.92 Å². The van der Waals surface area contributed by atoms with E-state index in [-0.39, 0.29) is 5.91 Å². The van der Waals surface area contributed by atoms with Crippen LogP contribution in [0.3, 0.4) is 0 Å². The fraction of sp³-hybridized carbons (Fsp3) is 0.875. The Labute approximate surface area is 72.9 Å². The SMILES string of the molecule is CCOCCN1CCNCC1=O. The predicted molar refractivity (Wildman–Crippen MR) is 45.9 cm³/mol. The summed E-state index contributed by atoms with van der Waals surface area (Å²) in [6.45, 7) is 6.26. The van der Waals surface area contributed by atoms with Gasteiger partial charge in [-0.15, -0.1) is 0 Å². The fourth-order valence-electron chi connectivity index (χ4n) is 1.20. The molecule has 1 amide bonds. The topological polar surface area (TPSA) is 41.6 Å². The van der Waals surface area contributed by atoms with E-state index in [1.165, 1.54) is 0 Å². The van der Waals surface area contributed by atoms with E-state index in [2.05, 4.69) is 5.32 Å². The second-order valence-electron chi connectivity index (χ2n) is 2.75. The number of hydrogen-bond donors (Lipinski definition) is 1. The molecular formula is C8H16N2O2. The maximum Gasteiger partial charge on any atom is 0.236 e. The Morgan fingerprint density at radius 1 is 1.67 bits per heavy atom. The predicted octanol–water partition coefficient (Wildman–Crippen LogP) is -0.545. The zero-order chi connectivity index (χ0) is 8.81. The average Bonchev–Trinajstić information content (AvgIpc) is 2.09. The van der Waals surface area contributed by atoms with Crippen LogP contribution in [0.25, 0.3) is 0 Å². The molecule has 1 heterocycles. The van der Waals surface area contributed by atoms with Crippen LogP contribution in [0.2, 0.25) is 0 Å². The number of ether oxygens (including phenoxy) is 1. The highest BCUT2D eigenvalue weighted by atomic mass is 16.5. The van der Waals surface area contributed by atoms with Crippen LogP contribution in [0.15, 0.2) is 0 Å². The molecule has 0 unspecified atom stereocenters. The number of carbonyl (C=O) groups excluding carboxylic acids is 1. The first-order valence-electron chi connectivity index (χ1n) is 4.41. The molecule has 1 aliphatic rings. The summed E-state index contributed by atoms with van der Waals surface area (Å²) in [6.07, 6.45) is 0. The zero-order valence-corrected chi connectivity index (χ0v) is 7.51. The molecule has 70 valence electrons. The van der Waals surface area contributed by atoms with E-state index in [4.69, 9.17) is 4.74 Å².